The maximum atomic E-state index is 5.47. The summed E-state index contributed by atoms with van der Waals surface area (Å²) in [6.07, 6.45) is 4.20. The minimum atomic E-state index is 0.534. The van der Waals surface area contributed by atoms with Crippen molar-refractivity contribution < 1.29 is 4.52 Å². The normalized spacial score (nSPS) is 17.6. The van der Waals surface area contributed by atoms with Gasteiger partial charge in [-0.05, 0) is 38.3 Å². The number of guanidine groups is 1. The molecule has 2 N–H and O–H groups in total. The number of rotatable bonds is 9. The standard InChI is InChI=1S/C23H35N5O/c1-4-21-20(22(5-2)29-27-21)16-26-23(24-6-3)25-15-19-13-10-14-28(19)17-18-11-8-7-9-12-18/h7-9,11-12,19H,4-6,10,13-17H2,1-3H3,(H2,24,25,26). The molecule has 1 fully saturated rings. The molecule has 3 rings (SSSR count). The molecular formula is C23H35N5O. The molecule has 0 spiro atoms. The predicted molar refractivity (Wildman–Crippen MR) is 118 cm³/mol. The van der Waals surface area contributed by atoms with E-state index in [-0.39, 0.29) is 0 Å². The number of nitrogens with one attached hydrogen (secondary N) is 2. The Labute approximate surface area is 174 Å². The summed E-state index contributed by atoms with van der Waals surface area (Å²) in [4.78, 5) is 7.40. The fourth-order valence-corrected chi connectivity index (χ4v) is 3.98. The zero-order valence-corrected chi connectivity index (χ0v) is 18.1. The third kappa shape index (κ3) is 5.82. The first kappa shape index (κ1) is 21.4. The second kappa shape index (κ2) is 11.0. The second-order valence-corrected chi connectivity index (χ2v) is 7.57. The number of hydrogen-bond acceptors (Lipinski definition) is 4. The summed E-state index contributed by atoms with van der Waals surface area (Å²) >= 11 is 0. The van der Waals surface area contributed by atoms with Crippen molar-refractivity contribution in [2.75, 3.05) is 19.6 Å². The minimum Gasteiger partial charge on any atom is -0.361 e. The molecule has 1 aliphatic rings. The fourth-order valence-electron chi connectivity index (χ4n) is 3.98. The first-order chi connectivity index (χ1) is 14.2. The average molecular weight is 398 g/mol. The van der Waals surface area contributed by atoms with Gasteiger partial charge in [0.1, 0.15) is 5.76 Å². The number of nitrogens with zero attached hydrogens (tertiary/aromatic N) is 3. The van der Waals surface area contributed by atoms with Crippen LogP contribution < -0.4 is 10.6 Å². The van der Waals surface area contributed by atoms with E-state index in [1.54, 1.807) is 0 Å². The van der Waals surface area contributed by atoms with E-state index in [1.165, 1.54) is 18.4 Å². The third-order valence-corrected chi connectivity index (χ3v) is 5.58. The Morgan fingerprint density at radius 1 is 1.17 bits per heavy atom. The average Bonchev–Trinajstić information content (AvgIpc) is 3.36. The van der Waals surface area contributed by atoms with Gasteiger partial charge in [0, 0.05) is 37.7 Å². The topological polar surface area (TPSA) is 65.7 Å². The van der Waals surface area contributed by atoms with Gasteiger partial charge >= 0.3 is 0 Å². The highest BCUT2D eigenvalue weighted by Gasteiger charge is 2.24. The molecule has 6 heteroatoms. The number of likely N-dealkylation sites (tertiary alicyclic amines) is 1. The Hall–Kier alpha value is -2.34. The molecule has 6 nitrogen and oxygen atoms in total. The molecule has 1 saturated heterocycles. The highest BCUT2D eigenvalue weighted by Crippen LogP contribution is 2.20. The van der Waals surface area contributed by atoms with E-state index in [9.17, 15) is 0 Å². The molecule has 0 amide bonds. The number of aromatic nitrogens is 1. The van der Waals surface area contributed by atoms with Crippen molar-refractivity contribution in [3.63, 3.8) is 0 Å². The summed E-state index contributed by atoms with van der Waals surface area (Å²) in [5.74, 6) is 1.82. The zero-order chi connectivity index (χ0) is 20.5. The summed E-state index contributed by atoms with van der Waals surface area (Å²) in [5, 5.41) is 11.1. The Morgan fingerprint density at radius 2 is 2.00 bits per heavy atom. The molecule has 0 bridgehead atoms. The van der Waals surface area contributed by atoms with Gasteiger partial charge in [0.25, 0.3) is 0 Å². The van der Waals surface area contributed by atoms with Crippen molar-refractivity contribution in [2.24, 2.45) is 4.99 Å². The van der Waals surface area contributed by atoms with Crippen LogP contribution in [0.5, 0.6) is 0 Å². The van der Waals surface area contributed by atoms with Gasteiger partial charge in [-0.3, -0.25) is 4.90 Å². The van der Waals surface area contributed by atoms with Crippen LogP contribution in [0.3, 0.4) is 0 Å². The van der Waals surface area contributed by atoms with Crippen LogP contribution in [0.2, 0.25) is 0 Å². The Morgan fingerprint density at radius 3 is 2.72 bits per heavy atom. The monoisotopic (exact) mass is 397 g/mol. The maximum absolute atomic E-state index is 5.47. The van der Waals surface area contributed by atoms with Crippen LogP contribution >= 0.6 is 0 Å². The van der Waals surface area contributed by atoms with E-state index in [0.717, 1.165) is 62.0 Å². The van der Waals surface area contributed by atoms with E-state index >= 15 is 0 Å². The summed E-state index contributed by atoms with van der Waals surface area (Å²) in [7, 11) is 0. The summed E-state index contributed by atoms with van der Waals surface area (Å²) in [6.45, 7) is 10.8. The molecule has 158 valence electrons. The van der Waals surface area contributed by atoms with E-state index in [2.05, 4.69) is 71.8 Å². The number of aliphatic imine (C=N–C) groups is 1. The van der Waals surface area contributed by atoms with Gasteiger partial charge in [-0.25, -0.2) is 4.99 Å². The molecule has 0 radical (unpaired) electrons. The fraction of sp³-hybridized carbons (Fsp3) is 0.565. The molecule has 29 heavy (non-hydrogen) atoms. The number of benzene rings is 1. The quantitative estimate of drug-likeness (QED) is 0.501. The summed E-state index contributed by atoms with van der Waals surface area (Å²) in [6, 6.07) is 11.3. The molecule has 1 atom stereocenters. The van der Waals surface area contributed by atoms with Crippen LogP contribution in [0, 0.1) is 0 Å². The van der Waals surface area contributed by atoms with Crippen molar-refractivity contribution >= 4 is 5.96 Å². The Balaban J connectivity index is 1.60. The van der Waals surface area contributed by atoms with Crippen molar-refractivity contribution in [1.82, 2.24) is 20.7 Å². The molecule has 2 aromatic rings. The van der Waals surface area contributed by atoms with Crippen LogP contribution in [0.25, 0.3) is 0 Å². The second-order valence-electron chi connectivity index (χ2n) is 7.57. The van der Waals surface area contributed by atoms with E-state index in [1.807, 2.05) is 0 Å². The lowest BCUT2D eigenvalue weighted by atomic mass is 10.1. The van der Waals surface area contributed by atoms with Crippen LogP contribution in [0.15, 0.2) is 39.8 Å². The van der Waals surface area contributed by atoms with Gasteiger partial charge in [0.2, 0.25) is 0 Å². The Bertz CT molecular complexity index is 749. The summed E-state index contributed by atoms with van der Waals surface area (Å²) in [5.41, 5.74) is 3.54. The van der Waals surface area contributed by atoms with Gasteiger partial charge < -0.3 is 15.2 Å². The molecule has 1 aromatic heterocycles. The van der Waals surface area contributed by atoms with Gasteiger partial charge in [-0.1, -0.05) is 49.3 Å². The predicted octanol–water partition coefficient (Wildman–Crippen LogP) is 3.52. The van der Waals surface area contributed by atoms with Crippen molar-refractivity contribution in [3.8, 4) is 0 Å². The van der Waals surface area contributed by atoms with Gasteiger partial charge in [-0.2, -0.15) is 0 Å². The molecule has 1 unspecified atom stereocenters. The minimum absolute atomic E-state index is 0.534. The van der Waals surface area contributed by atoms with Gasteiger partial charge in [0.05, 0.1) is 12.2 Å². The lowest BCUT2D eigenvalue weighted by molar-refractivity contribution is 0.245. The lowest BCUT2D eigenvalue weighted by Crippen LogP contribution is -2.44. The highest BCUT2D eigenvalue weighted by molar-refractivity contribution is 5.79. The molecule has 1 aromatic carbocycles. The third-order valence-electron chi connectivity index (χ3n) is 5.58. The van der Waals surface area contributed by atoms with Gasteiger partial charge in [-0.15, -0.1) is 0 Å². The lowest BCUT2D eigenvalue weighted by Gasteiger charge is -2.25. The molecule has 1 aliphatic heterocycles. The number of aryl methyl sites for hydroxylation is 2. The van der Waals surface area contributed by atoms with Crippen LogP contribution in [-0.4, -0.2) is 41.7 Å². The SMILES string of the molecule is CCNC(=NCc1c(CC)noc1CC)NCC1CCCN1Cc1ccccc1. The van der Waals surface area contributed by atoms with Crippen LogP contribution in [-0.2, 0) is 25.9 Å². The van der Waals surface area contributed by atoms with Crippen LogP contribution in [0.1, 0.15) is 56.2 Å². The maximum Gasteiger partial charge on any atom is 0.191 e. The van der Waals surface area contributed by atoms with E-state index < -0.39 is 0 Å². The Kier molecular flexibility index (Phi) is 8.11. The number of hydrogen-bond donors (Lipinski definition) is 2. The summed E-state index contributed by atoms with van der Waals surface area (Å²) < 4.78 is 5.47. The first-order valence-electron chi connectivity index (χ1n) is 11.0. The zero-order valence-electron chi connectivity index (χ0n) is 18.1. The molecule has 2 heterocycles. The molecule has 0 saturated carbocycles. The van der Waals surface area contributed by atoms with E-state index in [4.69, 9.17) is 9.52 Å². The van der Waals surface area contributed by atoms with Crippen molar-refractivity contribution in [2.45, 2.75) is 65.6 Å². The smallest absolute Gasteiger partial charge is 0.191 e. The van der Waals surface area contributed by atoms with Crippen LogP contribution in [0.4, 0.5) is 0 Å². The largest absolute Gasteiger partial charge is 0.361 e. The van der Waals surface area contributed by atoms with E-state index in [0.29, 0.717) is 12.6 Å². The van der Waals surface area contributed by atoms with Crippen molar-refractivity contribution in [3.05, 3.63) is 52.9 Å². The van der Waals surface area contributed by atoms with Gasteiger partial charge in [0.15, 0.2) is 5.96 Å². The first-order valence-corrected chi connectivity index (χ1v) is 11.0. The van der Waals surface area contributed by atoms with Crippen molar-refractivity contribution in [1.29, 1.82) is 0 Å². The molecule has 0 aliphatic carbocycles. The highest BCUT2D eigenvalue weighted by atomic mass is 16.5. The molecular weight excluding hydrogens is 362 g/mol.